The molecule has 1 amide bonds. The van der Waals surface area contributed by atoms with Crippen molar-refractivity contribution >= 4 is 28.2 Å². The molecule has 0 atom stereocenters. The quantitative estimate of drug-likeness (QED) is 0.507. The number of esters is 1. The summed E-state index contributed by atoms with van der Waals surface area (Å²) in [4.78, 5) is 25.2. The SMILES string of the molecule is CCOC(=O)c1c(-c2ccc(C)cc2)csc1NC(=O)COc1c(C)cccc1C. The van der Waals surface area contributed by atoms with Crippen LogP contribution in [-0.4, -0.2) is 25.1 Å². The lowest BCUT2D eigenvalue weighted by Crippen LogP contribution is -2.21. The Labute approximate surface area is 180 Å². The minimum absolute atomic E-state index is 0.147. The second-order valence-electron chi connectivity index (χ2n) is 7.00. The number of hydrogen-bond donors (Lipinski definition) is 1. The predicted octanol–water partition coefficient (Wildman–Crippen LogP) is 5.53. The lowest BCUT2D eigenvalue weighted by Gasteiger charge is -2.12. The molecule has 0 bridgehead atoms. The molecule has 1 N–H and O–H groups in total. The van der Waals surface area contributed by atoms with E-state index in [0.717, 1.165) is 27.8 Å². The molecule has 0 saturated heterocycles. The van der Waals surface area contributed by atoms with Gasteiger partial charge in [0.15, 0.2) is 6.61 Å². The largest absolute Gasteiger partial charge is 0.483 e. The van der Waals surface area contributed by atoms with Gasteiger partial charge < -0.3 is 14.8 Å². The van der Waals surface area contributed by atoms with E-state index in [1.165, 1.54) is 11.3 Å². The fourth-order valence-corrected chi connectivity index (χ4v) is 4.10. The zero-order valence-electron chi connectivity index (χ0n) is 17.6. The highest BCUT2D eigenvalue weighted by atomic mass is 32.1. The molecule has 156 valence electrons. The number of aryl methyl sites for hydroxylation is 3. The van der Waals surface area contributed by atoms with Crippen LogP contribution in [0.2, 0.25) is 0 Å². The van der Waals surface area contributed by atoms with Gasteiger partial charge >= 0.3 is 5.97 Å². The van der Waals surface area contributed by atoms with E-state index in [1.807, 2.05) is 68.6 Å². The molecule has 2 aromatic carbocycles. The van der Waals surface area contributed by atoms with Crippen LogP contribution >= 0.6 is 11.3 Å². The number of carbonyl (C=O) groups is 2. The summed E-state index contributed by atoms with van der Waals surface area (Å²) in [5.41, 5.74) is 5.06. The van der Waals surface area contributed by atoms with Crippen LogP contribution in [0.15, 0.2) is 47.8 Å². The van der Waals surface area contributed by atoms with Gasteiger partial charge in [0.25, 0.3) is 5.91 Å². The molecule has 0 fully saturated rings. The molecule has 0 saturated carbocycles. The molecule has 0 aliphatic rings. The molecule has 0 unspecified atom stereocenters. The number of benzene rings is 2. The van der Waals surface area contributed by atoms with Crippen molar-refractivity contribution in [3.63, 3.8) is 0 Å². The van der Waals surface area contributed by atoms with Crippen LogP contribution in [0, 0.1) is 20.8 Å². The van der Waals surface area contributed by atoms with Gasteiger partial charge in [-0.1, -0.05) is 48.0 Å². The van der Waals surface area contributed by atoms with Crippen LogP contribution < -0.4 is 10.1 Å². The number of rotatable bonds is 7. The molecule has 5 nitrogen and oxygen atoms in total. The Hall–Kier alpha value is -3.12. The first-order chi connectivity index (χ1) is 14.4. The van der Waals surface area contributed by atoms with Gasteiger partial charge in [-0.2, -0.15) is 0 Å². The van der Waals surface area contributed by atoms with Crippen molar-refractivity contribution in [2.75, 3.05) is 18.5 Å². The number of ether oxygens (including phenoxy) is 2. The van der Waals surface area contributed by atoms with Gasteiger partial charge in [-0.25, -0.2) is 4.79 Å². The van der Waals surface area contributed by atoms with Crippen molar-refractivity contribution in [3.05, 3.63) is 70.1 Å². The molecular weight excluding hydrogens is 398 g/mol. The monoisotopic (exact) mass is 423 g/mol. The second-order valence-corrected chi connectivity index (χ2v) is 7.88. The van der Waals surface area contributed by atoms with Gasteiger partial charge in [0, 0.05) is 10.9 Å². The first-order valence-corrected chi connectivity index (χ1v) is 10.6. The van der Waals surface area contributed by atoms with Crippen molar-refractivity contribution in [2.45, 2.75) is 27.7 Å². The molecule has 0 spiro atoms. The number of nitrogens with one attached hydrogen (secondary N) is 1. The van der Waals surface area contributed by atoms with Crippen molar-refractivity contribution in [1.29, 1.82) is 0 Å². The maximum atomic E-state index is 12.6. The van der Waals surface area contributed by atoms with E-state index in [4.69, 9.17) is 9.47 Å². The summed E-state index contributed by atoms with van der Waals surface area (Å²) in [7, 11) is 0. The number of thiophene rings is 1. The molecule has 0 aliphatic carbocycles. The third-order valence-electron chi connectivity index (χ3n) is 4.64. The van der Waals surface area contributed by atoms with E-state index in [2.05, 4.69) is 5.32 Å². The number of para-hydroxylation sites is 1. The molecule has 1 heterocycles. The van der Waals surface area contributed by atoms with Crippen molar-refractivity contribution in [3.8, 4) is 16.9 Å². The highest BCUT2D eigenvalue weighted by molar-refractivity contribution is 7.15. The van der Waals surface area contributed by atoms with Gasteiger partial charge in [0.2, 0.25) is 0 Å². The lowest BCUT2D eigenvalue weighted by atomic mass is 10.0. The number of amides is 1. The van der Waals surface area contributed by atoms with Gasteiger partial charge in [0.1, 0.15) is 16.3 Å². The Morgan fingerprint density at radius 2 is 1.67 bits per heavy atom. The maximum absolute atomic E-state index is 12.6. The maximum Gasteiger partial charge on any atom is 0.341 e. The zero-order valence-corrected chi connectivity index (χ0v) is 18.4. The van der Waals surface area contributed by atoms with E-state index < -0.39 is 5.97 Å². The smallest absolute Gasteiger partial charge is 0.341 e. The molecule has 3 rings (SSSR count). The molecule has 1 aromatic heterocycles. The Morgan fingerprint density at radius 1 is 1.00 bits per heavy atom. The number of anilines is 1. The highest BCUT2D eigenvalue weighted by Crippen LogP contribution is 2.36. The summed E-state index contributed by atoms with van der Waals surface area (Å²) >= 11 is 1.30. The van der Waals surface area contributed by atoms with E-state index in [-0.39, 0.29) is 19.1 Å². The summed E-state index contributed by atoms with van der Waals surface area (Å²) in [5.74, 6) is -0.0920. The van der Waals surface area contributed by atoms with Crippen LogP contribution in [0.4, 0.5) is 5.00 Å². The van der Waals surface area contributed by atoms with Gasteiger partial charge in [0.05, 0.1) is 6.61 Å². The number of carbonyl (C=O) groups excluding carboxylic acids is 2. The van der Waals surface area contributed by atoms with E-state index in [9.17, 15) is 9.59 Å². The molecular formula is C24H25NO4S. The second kappa shape index (κ2) is 9.59. The molecule has 6 heteroatoms. The summed E-state index contributed by atoms with van der Waals surface area (Å²) in [6.45, 7) is 7.74. The zero-order chi connectivity index (χ0) is 21.7. The Balaban J connectivity index is 1.82. The Morgan fingerprint density at radius 3 is 2.30 bits per heavy atom. The average Bonchev–Trinajstić information content (AvgIpc) is 3.12. The van der Waals surface area contributed by atoms with Gasteiger partial charge in [-0.15, -0.1) is 11.3 Å². The first kappa shape index (κ1) is 21.6. The molecule has 0 aliphatic heterocycles. The average molecular weight is 424 g/mol. The predicted molar refractivity (Wildman–Crippen MR) is 120 cm³/mol. The van der Waals surface area contributed by atoms with Crippen LogP contribution in [0.25, 0.3) is 11.1 Å². The fraction of sp³-hybridized carbons (Fsp3) is 0.250. The summed E-state index contributed by atoms with van der Waals surface area (Å²) in [5, 5.41) is 5.13. The Bertz CT molecular complexity index is 1030. The highest BCUT2D eigenvalue weighted by Gasteiger charge is 2.23. The topological polar surface area (TPSA) is 64.6 Å². The van der Waals surface area contributed by atoms with Crippen LogP contribution in [0.5, 0.6) is 5.75 Å². The normalized spacial score (nSPS) is 10.5. The third kappa shape index (κ3) is 4.89. The fourth-order valence-electron chi connectivity index (χ4n) is 3.13. The number of hydrogen-bond acceptors (Lipinski definition) is 5. The van der Waals surface area contributed by atoms with Crippen LogP contribution in [0.3, 0.4) is 0 Å². The standard InChI is InChI=1S/C24H25NO4S/c1-5-28-24(27)21-19(18-11-9-15(2)10-12-18)14-30-23(21)25-20(26)13-29-22-16(3)7-6-8-17(22)4/h6-12,14H,5,13H2,1-4H3,(H,25,26). The van der Waals surface area contributed by atoms with Gasteiger partial charge in [-0.05, 0) is 44.4 Å². The molecule has 3 aromatic rings. The molecule has 0 radical (unpaired) electrons. The van der Waals surface area contributed by atoms with E-state index in [0.29, 0.717) is 16.3 Å². The lowest BCUT2D eigenvalue weighted by molar-refractivity contribution is -0.118. The first-order valence-electron chi connectivity index (χ1n) is 9.75. The van der Waals surface area contributed by atoms with Crippen molar-refractivity contribution in [2.24, 2.45) is 0 Å². The third-order valence-corrected chi connectivity index (χ3v) is 5.54. The van der Waals surface area contributed by atoms with Crippen molar-refractivity contribution in [1.82, 2.24) is 0 Å². The van der Waals surface area contributed by atoms with Crippen molar-refractivity contribution < 1.29 is 19.1 Å². The summed E-state index contributed by atoms with van der Waals surface area (Å²) in [6, 6.07) is 13.7. The van der Waals surface area contributed by atoms with E-state index >= 15 is 0 Å². The van der Waals surface area contributed by atoms with Gasteiger partial charge in [-0.3, -0.25) is 4.79 Å². The summed E-state index contributed by atoms with van der Waals surface area (Å²) in [6.07, 6.45) is 0. The molecule has 30 heavy (non-hydrogen) atoms. The van der Waals surface area contributed by atoms with Crippen LogP contribution in [-0.2, 0) is 9.53 Å². The summed E-state index contributed by atoms with van der Waals surface area (Å²) < 4.78 is 11.0. The van der Waals surface area contributed by atoms with Crippen LogP contribution in [0.1, 0.15) is 34.0 Å². The Kier molecular flexibility index (Phi) is 6.90. The minimum Gasteiger partial charge on any atom is -0.483 e. The minimum atomic E-state index is -0.458. The van der Waals surface area contributed by atoms with E-state index in [1.54, 1.807) is 6.92 Å².